The first-order chi connectivity index (χ1) is 19.7. The summed E-state index contributed by atoms with van der Waals surface area (Å²) in [4.78, 5) is 58.8. The van der Waals surface area contributed by atoms with E-state index in [9.17, 15) is 29.1 Å². The third kappa shape index (κ3) is 18.4. The summed E-state index contributed by atoms with van der Waals surface area (Å²) in [5, 5.41) is 36.7. The minimum Gasteiger partial charge on any atom is -0.480 e. The number of carbonyl (C=O) groups excluding carboxylic acids is 4. The molecular formula is C25H40N6O10. The van der Waals surface area contributed by atoms with Crippen LogP contribution in [0.3, 0.4) is 0 Å². The Labute approximate surface area is 239 Å². The number of unbranched alkanes of at least 4 members (excludes halogenated alkanes) is 2. The molecule has 0 aromatic carbocycles. The zero-order valence-electron chi connectivity index (χ0n) is 23.4. The van der Waals surface area contributed by atoms with Gasteiger partial charge in [0.2, 0.25) is 12.2 Å². The number of urea groups is 2. The Bertz CT molecular complexity index is 904. The van der Waals surface area contributed by atoms with Crippen molar-refractivity contribution in [1.82, 2.24) is 21.3 Å². The Morgan fingerprint density at radius 3 is 1.54 bits per heavy atom. The van der Waals surface area contributed by atoms with Gasteiger partial charge in [-0.15, -0.1) is 0 Å². The Morgan fingerprint density at radius 2 is 1.12 bits per heavy atom. The zero-order chi connectivity index (χ0) is 30.9. The topological polar surface area (TPSA) is 238 Å². The molecule has 0 bridgehead atoms. The number of hydrogen-bond donors (Lipinski definition) is 5. The molecule has 230 valence electrons. The van der Waals surface area contributed by atoms with Gasteiger partial charge in [0.05, 0.1) is 13.2 Å². The van der Waals surface area contributed by atoms with Crippen molar-refractivity contribution in [2.24, 2.45) is 0 Å². The maximum absolute atomic E-state index is 12.1. The monoisotopic (exact) mass is 584 g/mol. The van der Waals surface area contributed by atoms with Crippen molar-refractivity contribution in [1.29, 1.82) is 10.5 Å². The second-order valence-electron chi connectivity index (χ2n) is 8.51. The van der Waals surface area contributed by atoms with Gasteiger partial charge in [-0.25, -0.2) is 24.0 Å². The lowest BCUT2D eigenvalue weighted by Gasteiger charge is -2.16. The molecule has 41 heavy (non-hydrogen) atoms. The van der Waals surface area contributed by atoms with E-state index in [1.165, 1.54) is 12.5 Å². The number of carboxylic acid groups (broad SMARTS) is 1. The number of hydrogen-bond acceptors (Lipinski definition) is 11. The largest absolute Gasteiger partial charge is 0.480 e. The van der Waals surface area contributed by atoms with Crippen molar-refractivity contribution in [3.05, 3.63) is 0 Å². The highest BCUT2D eigenvalue weighted by molar-refractivity contribution is 5.82. The fraction of sp³-hybridized carbons (Fsp3) is 0.720. The molecule has 16 heteroatoms. The predicted molar refractivity (Wildman–Crippen MR) is 141 cm³/mol. The molecule has 0 rings (SSSR count). The number of carbonyl (C=O) groups is 5. The highest BCUT2D eigenvalue weighted by atomic mass is 16.6. The average Bonchev–Trinajstić information content (AvgIpc) is 2.93. The third-order valence-corrected chi connectivity index (χ3v) is 5.40. The quantitative estimate of drug-likeness (QED) is 0.0681. The number of carboxylic acids is 1. The van der Waals surface area contributed by atoms with Crippen LogP contribution in [0.5, 0.6) is 0 Å². The molecule has 0 aliphatic carbocycles. The summed E-state index contributed by atoms with van der Waals surface area (Å²) in [6.07, 6.45) is 3.73. The van der Waals surface area contributed by atoms with E-state index in [0.717, 1.165) is 0 Å². The van der Waals surface area contributed by atoms with Crippen LogP contribution in [0.15, 0.2) is 0 Å². The maximum atomic E-state index is 12.1. The molecule has 0 radical (unpaired) electrons. The van der Waals surface area contributed by atoms with Crippen LogP contribution in [0.1, 0.15) is 65.2 Å². The number of aliphatic carboxylic acids is 1. The number of amides is 4. The fourth-order valence-corrected chi connectivity index (χ4v) is 3.40. The summed E-state index contributed by atoms with van der Waals surface area (Å²) in [5.74, 6) is -2.48. The molecule has 4 amide bonds. The highest BCUT2D eigenvalue weighted by Crippen LogP contribution is 2.08. The number of nitrogens with one attached hydrogen (secondary N) is 4. The summed E-state index contributed by atoms with van der Waals surface area (Å²) in [5.41, 5.74) is 0. The lowest BCUT2D eigenvalue weighted by atomic mass is 10.1. The summed E-state index contributed by atoms with van der Waals surface area (Å²) in [7, 11) is 0. The van der Waals surface area contributed by atoms with Crippen LogP contribution in [0.2, 0.25) is 0 Å². The Kier molecular flexibility index (Phi) is 20.9. The molecule has 0 aliphatic heterocycles. The van der Waals surface area contributed by atoms with Gasteiger partial charge in [0, 0.05) is 19.6 Å². The molecule has 3 unspecified atom stereocenters. The van der Waals surface area contributed by atoms with Crippen LogP contribution in [0, 0.1) is 23.0 Å². The second-order valence-corrected chi connectivity index (χ2v) is 8.51. The first-order valence-electron chi connectivity index (χ1n) is 13.4. The normalized spacial score (nSPS) is 12.2. The predicted octanol–water partition coefficient (Wildman–Crippen LogP) is 1.02. The van der Waals surface area contributed by atoms with Gasteiger partial charge in [-0.1, -0.05) is 0 Å². The van der Waals surface area contributed by atoms with Crippen molar-refractivity contribution in [2.45, 2.75) is 83.5 Å². The van der Waals surface area contributed by atoms with Gasteiger partial charge < -0.3 is 45.3 Å². The summed E-state index contributed by atoms with van der Waals surface area (Å²) in [6.45, 7) is 4.29. The summed E-state index contributed by atoms with van der Waals surface area (Å²) >= 11 is 0. The van der Waals surface area contributed by atoms with E-state index >= 15 is 0 Å². The van der Waals surface area contributed by atoms with Gasteiger partial charge in [-0.05, 0) is 65.2 Å². The zero-order valence-corrected chi connectivity index (χ0v) is 23.4. The third-order valence-electron chi connectivity index (χ3n) is 5.40. The highest BCUT2D eigenvalue weighted by Gasteiger charge is 2.22. The Hall–Kier alpha value is -4.47. The summed E-state index contributed by atoms with van der Waals surface area (Å²) in [6, 6.07) is -2.30. The molecule has 0 saturated carbocycles. The van der Waals surface area contributed by atoms with Crippen LogP contribution < -0.4 is 21.3 Å². The molecule has 0 heterocycles. The molecule has 0 fully saturated rings. The lowest BCUT2D eigenvalue weighted by Crippen LogP contribution is -2.46. The minimum atomic E-state index is -1.22. The number of ether oxygens (including phenoxy) is 4. The number of esters is 2. The molecule has 16 nitrogen and oxygen atoms in total. The van der Waals surface area contributed by atoms with E-state index in [0.29, 0.717) is 32.2 Å². The van der Waals surface area contributed by atoms with Crippen molar-refractivity contribution in [3.63, 3.8) is 0 Å². The Morgan fingerprint density at radius 1 is 0.683 bits per heavy atom. The Balaban J connectivity index is 4.14. The lowest BCUT2D eigenvalue weighted by molar-refractivity contribution is -0.154. The molecule has 5 N–H and O–H groups in total. The molecule has 0 aromatic heterocycles. The summed E-state index contributed by atoms with van der Waals surface area (Å²) < 4.78 is 19.0. The number of nitriles is 2. The van der Waals surface area contributed by atoms with E-state index in [2.05, 4.69) is 21.3 Å². The van der Waals surface area contributed by atoms with Crippen molar-refractivity contribution in [2.75, 3.05) is 32.8 Å². The van der Waals surface area contributed by atoms with Crippen LogP contribution >= 0.6 is 0 Å². The standard InChI is InChI=1S/C25H40N6O10/c1-3-38-22(34)19(40-16-26)11-5-7-13-28-24(36)29-15-9-10-18(21(32)33)31-25(37)30-14-8-6-12-20(41-17-27)23(35)39-4-2/h18-20H,3-15H2,1-2H3,(H,32,33)(H2,28,29,36)(H2,30,31,37). The second kappa shape index (κ2) is 23.4. The van der Waals surface area contributed by atoms with E-state index in [1.54, 1.807) is 13.8 Å². The van der Waals surface area contributed by atoms with Crippen molar-refractivity contribution < 1.29 is 48.0 Å². The van der Waals surface area contributed by atoms with E-state index in [4.69, 9.17) is 29.5 Å². The van der Waals surface area contributed by atoms with Crippen LogP contribution in [0.4, 0.5) is 9.59 Å². The van der Waals surface area contributed by atoms with E-state index in [1.807, 2.05) is 0 Å². The van der Waals surface area contributed by atoms with Gasteiger partial charge in [0.15, 0.2) is 0 Å². The van der Waals surface area contributed by atoms with Gasteiger partial charge >= 0.3 is 30.0 Å². The maximum Gasteiger partial charge on any atom is 0.348 e. The van der Waals surface area contributed by atoms with Crippen molar-refractivity contribution >= 4 is 30.0 Å². The number of rotatable bonds is 22. The molecule has 0 spiro atoms. The first kappa shape index (κ1) is 36.5. The van der Waals surface area contributed by atoms with E-state index < -0.39 is 48.2 Å². The first-order valence-corrected chi connectivity index (χ1v) is 13.4. The van der Waals surface area contributed by atoms with Crippen LogP contribution in [-0.2, 0) is 33.3 Å². The smallest absolute Gasteiger partial charge is 0.348 e. The average molecular weight is 585 g/mol. The van der Waals surface area contributed by atoms with Crippen LogP contribution in [-0.4, -0.2) is 86.2 Å². The molecule has 0 aromatic rings. The number of nitrogens with zero attached hydrogens (tertiary/aromatic N) is 2. The van der Waals surface area contributed by atoms with E-state index in [-0.39, 0.29) is 52.0 Å². The van der Waals surface area contributed by atoms with Gasteiger partial charge in [-0.3, -0.25) is 0 Å². The van der Waals surface area contributed by atoms with Gasteiger partial charge in [0.25, 0.3) is 12.5 Å². The van der Waals surface area contributed by atoms with Gasteiger partial charge in [0.1, 0.15) is 6.04 Å². The molecular weight excluding hydrogens is 544 g/mol. The SMILES string of the molecule is CCOC(=O)C(CCCCNC(=O)NCCCC(NC(=O)NCCCCC(OC#N)C(=O)OCC)C(=O)O)OC#N. The van der Waals surface area contributed by atoms with Gasteiger partial charge in [-0.2, -0.15) is 10.5 Å². The molecule has 0 aliphatic rings. The fourth-order valence-electron chi connectivity index (χ4n) is 3.40. The minimum absolute atomic E-state index is 0.0733. The van der Waals surface area contributed by atoms with Crippen molar-refractivity contribution in [3.8, 4) is 12.5 Å². The molecule has 0 saturated heterocycles. The van der Waals surface area contributed by atoms with Crippen LogP contribution in [0.25, 0.3) is 0 Å². The molecule has 3 atom stereocenters.